The first-order valence-electron chi connectivity index (χ1n) is 4.88. The summed E-state index contributed by atoms with van der Waals surface area (Å²) in [6, 6.07) is 1.78. The molecule has 1 unspecified atom stereocenters. The molecule has 0 saturated carbocycles. The fraction of sp³-hybridized carbons (Fsp3) is 0.600. The molecule has 0 radical (unpaired) electrons. The Kier molecular flexibility index (Phi) is 3.47. The molecule has 15 heavy (non-hydrogen) atoms. The van der Waals surface area contributed by atoms with Gasteiger partial charge in [-0.1, -0.05) is 12.1 Å². The molecule has 0 aliphatic heterocycles. The van der Waals surface area contributed by atoms with Crippen LogP contribution in [0.3, 0.4) is 0 Å². The van der Waals surface area contributed by atoms with Gasteiger partial charge in [-0.15, -0.1) is 0 Å². The van der Waals surface area contributed by atoms with Crippen molar-refractivity contribution in [1.29, 1.82) is 0 Å². The third-order valence-electron chi connectivity index (χ3n) is 2.52. The predicted octanol–water partition coefficient (Wildman–Crippen LogP) is 1.33. The Morgan fingerprint density at radius 3 is 2.80 bits per heavy atom. The quantitative estimate of drug-likeness (QED) is 0.770. The number of aromatic nitrogens is 1. The summed E-state index contributed by atoms with van der Waals surface area (Å²) in [6.07, 6.45) is 0.513. The highest BCUT2D eigenvalue weighted by molar-refractivity contribution is 5.78. The Morgan fingerprint density at radius 1 is 1.73 bits per heavy atom. The SMILES string of the molecule is CCC(C)(NCc1cc(C)on1)C(=O)O. The number of aryl methyl sites for hydroxylation is 1. The molecule has 1 heterocycles. The zero-order valence-corrected chi connectivity index (χ0v) is 9.20. The van der Waals surface area contributed by atoms with Crippen molar-refractivity contribution in [3.05, 3.63) is 17.5 Å². The minimum absolute atomic E-state index is 0.397. The van der Waals surface area contributed by atoms with Gasteiger partial charge in [-0.2, -0.15) is 0 Å². The number of nitrogens with zero attached hydrogens (tertiary/aromatic N) is 1. The second-order valence-electron chi connectivity index (χ2n) is 3.77. The average Bonchev–Trinajstić information content (AvgIpc) is 2.60. The zero-order valence-electron chi connectivity index (χ0n) is 9.20. The maximum absolute atomic E-state index is 11.0. The van der Waals surface area contributed by atoms with E-state index in [1.165, 1.54) is 0 Å². The van der Waals surface area contributed by atoms with Gasteiger partial charge in [0.15, 0.2) is 0 Å². The van der Waals surface area contributed by atoms with E-state index in [0.717, 1.165) is 5.76 Å². The third kappa shape index (κ3) is 2.79. The maximum Gasteiger partial charge on any atom is 0.323 e. The van der Waals surface area contributed by atoms with Crippen LogP contribution in [0, 0.1) is 6.92 Å². The Hall–Kier alpha value is -1.36. The Labute approximate surface area is 88.5 Å². The van der Waals surface area contributed by atoms with Gasteiger partial charge in [0.05, 0.1) is 5.69 Å². The van der Waals surface area contributed by atoms with Gasteiger partial charge in [-0.05, 0) is 20.3 Å². The van der Waals surface area contributed by atoms with E-state index in [1.807, 2.05) is 6.92 Å². The molecule has 0 aromatic carbocycles. The van der Waals surface area contributed by atoms with Crippen molar-refractivity contribution in [1.82, 2.24) is 10.5 Å². The molecular weight excluding hydrogens is 196 g/mol. The fourth-order valence-corrected chi connectivity index (χ4v) is 1.14. The summed E-state index contributed by atoms with van der Waals surface area (Å²) in [4.78, 5) is 11.0. The summed E-state index contributed by atoms with van der Waals surface area (Å²) in [7, 11) is 0. The number of nitrogens with one attached hydrogen (secondary N) is 1. The van der Waals surface area contributed by atoms with Crippen molar-refractivity contribution < 1.29 is 14.4 Å². The minimum atomic E-state index is -0.910. The summed E-state index contributed by atoms with van der Waals surface area (Å²) >= 11 is 0. The summed E-state index contributed by atoms with van der Waals surface area (Å²) in [5.41, 5.74) is -0.194. The summed E-state index contributed by atoms with van der Waals surface area (Å²) in [5.74, 6) is -0.134. The van der Waals surface area contributed by atoms with Gasteiger partial charge in [-0.25, -0.2) is 0 Å². The molecule has 0 bridgehead atoms. The lowest BCUT2D eigenvalue weighted by atomic mass is 9.99. The normalized spacial score (nSPS) is 14.9. The van der Waals surface area contributed by atoms with Crippen LogP contribution in [0.15, 0.2) is 10.6 Å². The molecule has 1 atom stereocenters. The van der Waals surface area contributed by atoms with E-state index in [-0.39, 0.29) is 0 Å². The van der Waals surface area contributed by atoms with E-state index < -0.39 is 11.5 Å². The first kappa shape index (κ1) is 11.7. The molecule has 1 aromatic rings. The van der Waals surface area contributed by atoms with Crippen LogP contribution in [0.2, 0.25) is 0 Å². The van der Waals surface area contributed by atoms with Crippen molar-refractivity contribution in [3.63, 3.8) is 0 Å². The summed E-state index contributed by atoms with van der Waals surface area (Å²) < 4.78 is 4.89. The zero-order chi connectivity index (χ0) is 11.5. The van der Waals surface area contributed by atoms with Crippen LogP contribution in [0.5, 0.6) is 0 Å². The molecule has 5 heteroatoms. The van der Waals surface area contributed by atoms with E-state index >= 15 is 0 Å². The van der Waals surface area contributed by atoms with Gasteiger partial charge in [-0.3, -0.25) is 10.1 Å². The Bertz CT molecular complexity index is 348. The summed E-state index contributed by atoms with van der Waals surface area (Å²) in [6.45, 7) is 5.68. The minimum Gasteiger partial charge on any atom is -0.480 e. The van der Waals surface area contributed by atoms with Crippen molar-refractivity contribution in [2.24, 2.45) is 0 Å². The third-order valence-corrected chi connectivity index (χ3v) is 2.52. The number of carboxylic acids is 1. The molecule has 0 fully saturated rings. The second kappa shape index (κ2) is 4.44. The van der Waals surface area contributed by atoms with Crippen LogP contribution < -0.4 is 5.32 Å². The van der Waals surface area contributed by atoms with Crippen LogP contribution in [0.25, 0.3) is 0 Å². The fourth-order valence-electron chi connectivity index (χ4n) is 1.14. The predicted molar refractivity (Wildman–Crippen MR) is 54.4 cm³/mol. The first-order chi connectivity index (χ1) is 6.98. The van der Waals surface area contributed by atoms with Crippen molar-refractivity contribution >= 4 is 5.97 Å². The van der Waals surface area contributed by atoms with Gasteiger partial charge in [0.2, 0.25) is 0 Å². The molecule has 84 valence electrons. The molecule has 0 amide bonds. The number of hydrogen-bond acceptors (Lipinski definition) is 4. The van der Waals surface area contributed by atoms with Crippen molar-refractivity contribution in [2.45, 2.75) is 39.3 Å². The highest BCUT2D eigenvalue weighted by Gasteiger charge is 2.30. The van der Waals surface area contributed by atoms with Gasteiger partial charge in [0.25, 0.3) is 0 Å². The van der Waals surface area contributed by atoms with Crippen LogP contribution in [0.1, 0.15) is 31.7 Å². The van der Waals surface area contributed by atoms with Crippen LogP contribution >= 0.6 is 0 Å². The van der Waals surface area contributed by atoms with Crippen LogP contribution in [-0.2, 0) is 11.3 Å². The smallest absolute Gasteiger partial charge is 0.323 e. The highest BCUT2D eigenvalue weighted by Crippen LogP contribution is 2.11. The van der Waals surface area contributed by atoms with E-state index in [0.29, 0.717) is 18.7 Å². The lowest BCUT2D eigenvalue weighted by molar-refractivity contribution is -0.144. The van der Waals surface area contributed by atoms with Crippen LogP contribution in [0.4, 0.5) is 0 Å². The highest BCUT2D eigenvalue weighted by atomic mass is 16.5. The number of carbonyl (C=O) groups is 1. The molecule has 5 nitrogen and oxygen atoms in total. The molecule has 1 rings (SSSR count). The largest absolute Gasteiger partial charge is 0.480 e. The monoisotopic (exact) mass is 212 g/mol. The van der Waals surface area contributed by atoms with E-state index in [9.17, 15) is 4.79 Å². The van der Waals surface area contributed by atoms with Gasteiger partial charge in [0, 0.05) is 12.6 Å². The van der Waals surface area contributed by atoms with E-state index in [4.69, 9.17) is 9.63 Å². The molecular formula is C10H16N2O3. The molecule has 1 aromatic heterocycles. The van der Waals surface area contributed by atoms with Gasteiger partial charge < -0.3 is 9.63 Å². The summed E-state index contributed by atoms with van der Waals surface area (Å²) in [5, 5.41) is 15.7. The van der Waals surface area contributed by atoms with Crippen LogP contribution in [-0.4, -0.2) is 21.8 Å². The molecule has 2 N–H and O–H groups in total. The van der Waals surface area contributed by atoms with E-state index in [1.54, 1.807) is 19.9 Å². The molecule has 0 aliphatic carbocycles. The Balaban J connectivity index is 2.59. The Morgan fingerprint density at radius 2 is 2.40 bits per heavy atom. The molecule has 0 saturated heterocycles. The number of carboxylic acid groups (broad SMARTS) is 1. The lowest BCUT2D eigenvalue weighted by Gasteiger charge is -2.23. The van der Waals surface area contributed by atoms with E-state index in [2.05, 4.69) is 10.5 Å². The molecule has 0 spiro atoms. The first-order valence-corrected chi connectivity index (χ1v) is 4.88. The second-order valence-corrected chi connectivity index (χ2v) is 3.77. The van der Waals surface area contributed by atoms with Gasteiger partial charge in [0.1, 0.15) is 11.3 Å². The van der Waals surface area contributed by atoms with Gasteiger partial charge >= 0.3 is 5.97 Å². The topological polar surface area (TPSA) is 75.4 Å². The van der Waals surface area contributed by atoms with Crippen molar-refractivity contribution in [3.8, 4) is 0 Å². The average molecular weight is 212 g/mol. The molecule has 0 aliphatic rings. The number of hydrogen-bond donors (Lipinski definition) is 2. The standard InChI is InChI=1S/C10H16N2O3/c1-4-10(3,9(13)14)11-6-8-5-7(2)15-12-8/h5,11H,4,6H2,1-3H3,(H,13,14). The van der Waals surface area contributed by atoms with Crippen molar-refractivity contribution in [2.75, 3.05) is 0 Å². The lowest BCUT2D eigenvalue weighted by Crippen LogP contribution is -2.48. The number of rotatable bonds is 5. The number of aliphatic carboxylic acids is 1. The maximum atomic E-state index is 11.0.